The van der Waals surface area contributed by atoms with E-state index < -0.39 is 0 Å². The summed E-state index contributed by atoms with van der Waals surface area (Å²) in [5, 5.41) is 0. The number of amides is 2. The van der Waals surface area contributed by atoms with Crippen molar-refractivity contribution in [2.75, 3.05) is 39.3 Å². The zero-order valence-electron chi connectivity index (χ0n) is 19.0. The van der Waals surface area contributed by atoms with Crippen LogP contribution in [0.2, 0.25) is 0 Å². The van der Waals surface area contributed by atoms with Gasteiger partial charge >= 0.3 is 0 Å². The molecule has 0 radical (unpaired) electrons. The summed E-state index contributed by atoms with van der Waals surface area (Å²) in [6.45, 7) is 6.67. The number of piperidine rings is 1. The number of aromatic nitrogens is 1. The minimum Gasteiger partial charge on any atom is -0.441 e. The van der Waals surface area contributed by atoms with Crippen molar-refractivity contribution in [3.63, 3.8) is 0 Å². The zero-order chi connectivity index (χ0) is 22.3. The third-order valence-electron chi connectivity index (χ3n) is 6.63. The van der Waals surface area contributed by atoms with Crippen molar-refractivity contribution in [2.45, 2.75) is 51.5 Å². The lowest BCUT2D eigenvalue weighted by atomic mass is 10.1. The van der Waals surface area contributed by atoms with Gasteiger partial charge in [0.25, 0.3) is 0 Å². The lowest BCUT2D eigenvalue weighted by Crippen LogP contribution is -2.56. The van der Waals surface area contributed by atoms with Crippen LogP contribution in [0.4, 0.5) is 0 Å². The third-order valence-corrected chi connectivity index (χ3v) is 6.63. The summed E-state index contributed by atoms with van der Waals surface area (Å²) in [7, 11) is 0. The van der Waals surface area contributed by atoms with Crippen LogP contribution in [-0.4, -0.2) is 76.8 Å². The first kappa shape index (κ1) is 22.5. The van der Waals surface area contributed by atoms with Crippen LogP contribution in [-0.2, 0) is 16.0 Å². The van der Waals surface area contributed by atoms with Crippen molar-refractivity contribution in [1.82, 2.24) is 19.7 Å². The van der Waals surface area contributed by atoms with Crippen molar-refractivity contribution < 1.29 is 14.0 Å². The van der Waals surface area contributed by atoms with E-state index in [1.807, 2.05) is 47.1 Å². The first-order chi connectivity index (χ1) is 15.6. The number of carbonyl (C=O) groups is 2. The van der Waals surface area contributed by atoms with Crippen LogP contribution >= 0.6 is 0 Å². The first-order valence-electron chi connectivity index (χ1n) is 11.9. The van der Waals surface area contributed by atoms with E-state index >= 15 is 0 Å². The molecule has 2 saturated heterocycles. The Bertz CT molecular complexity index is 884. The maximum absolute atomic E-state index is 12.8. The minimum atomic E-state index is -0.103. The predicted octanol–water partition coefficient (Wildman–Crippen LogP) is 3.21. The minimum absolute atomic E-state index is 0.103. The first-order valence-corrected chi connectivity index (χ1v) is 11.9. The fourth-order valence-electron chi connectivity index (χ4n) is 4.60. The molecular weight excluding hydrogens is 404 g/mol. The highest BCUT2D eigenvalue weighted by molar-refractivity contribution is 5.81. The summed E-state index contributed by atoms with van der Waals surface area (Å²) < 4.78 is 5.83. The molecule has 2 amide bonds. The van der Waals surface area contributed by atoms with Crippen molar-refractivity contribution in [1.29, 1.82) is 0 Å². The topological polar surface area (TPSA) is 69.9 Å². The number of likely N-dealkylation sites (tertiary alicyclic amines) is 1. The molecule has 1 aromatic heterocycles. The van der Waals surface area contributed by atoms with E-state index in [1.165, 1.54) is 6.42 Å². The van der Waals surface area contributed by atoms with Gasteiger partial charge in [-0.2, -0.15) is 0 Å². The highest BCUT2D eigenvalue weighted by Gasteiger charge is 2.30. The number of oxazole rings is 1. The van der Waals surface area contributed by atoms with Crippen molar-refractivity contribution >= 4 is 11.8 Å². The molecule has 2 fully saturated rings. The second-order valence-corrected chi connectivity index (χ2v) is 8.82. The summed E-state index contributed by atoms with van der Waals surface area (Å²) in [6.07, 6.45) is 7.06. The van der Waals surface area contributed by atoms with Crippen molar-refractivity contribution in [2.24, 2.45) is 0 Å². The van der Waals surface area contributed by atoms with Crippen LogP contribution in [0.15, 0.2) is 40.9 Å². The van der Waals surface area contributed by atoms with E-state index in [1.54, 1.807) is 6.20 Å². The maximum Gasteiger partial charge on any atom is 0.239 e. The predicted molar refractivity (Wildman–Crippen MR) is 123 cm³/mol. The monoisotopic (exact) mass is 438 g/mol. The number of piperazine rings is 1. The summed E-state index contributed by atoms with van der Waals surface area (Å²) in [6, 6.07) is 9.80. The molecule has 32 heavy (non-hydrogen) atoms. The molecule has 1 atom stereocenters. The zero-order valence-corrected chi connectivity index (χ0v) is 19.0. The van der Waals surface area contributed by atoms with Crippen molar-refractivity contribution in [3.05, 3.63) is 42.4 Å². The fourth-order valence-corrected chi connectivity index (χ4v) is 4.60. The molecule has 172 valence electrons. The third kappa shape index (κ3) is 5.57. The Morgan fingerprint density at radius 1 is 0.969 bits per heavy atom. The van der Waals surface area contributed by atoms with Gasteiger partial charge in [0.05, 0.1) is 12.2 Å². The molecule has 0 saturated carbocycles. The smallest absolute Gasteiger partial charge is 0.239 e. The van der Waals surface area contributed by atoms with Crippen LogP contribution in [0.1, 0.15) is 44.9 Å². The van der Waals surface area contributed by atoms with Gasteiger partial charge in [-0.3, -0.25) is 14.5 Å². The quantitative estimate of drug-likeness (QED) is 0.664. The molecule has 7 nitrogen and oxygen atoms in total. The Morgan fingerprint density at radius 3 is 2.41 bits per heavy atom. The summed E-state index contributed by atoms with van der Waals surface area (Å²) >= 11 is 0. The molecule has 0 N–H and O–H groups in total. The fraction of sp³-hybridized carbons (Fsp3) is 0.560. The number of hydrogen-bond acceptors (Lipinski definition) is 5. The number of aryl methyl sites for hydroxylation is 1. The molecule has 0 aliphatic carbocycles. The second-order valence-electron chi connectivity index (χ2n) is 8.82. The Labute approximate surface area is 190 Å². The van der Waals surface area contributed by atoms with Gasteiger partial charge in [-0.15, -0.1) is 0 Å². The molecule has 0 bridgehead atoms. The van der Waals surface area contributed by atoms with Crippen molar-refractivity contribution in [3.8, 4) is 11.3 Å². The highest BCUT2D eigenvalue weighted by atomic mass is 16.4. The van der Waals surface area contributed by atoms with E-state index in [-0.39, 0.29) is 17.9 Å². The van der Waals surface area contributed by atoms with Gasteiger partial charge in [-0.25, -0.2) is 4.98 Å². The van der Waals surface area contributed by atoms with E-state index in [0.29, 0.717) is 31.8 Å². The van der Waals surface area contributed by atoms with E-state index in [4.69, 9.17) is 4.42 Å². The summed E-state index contributed by atoms with van der Waals surface area (Å²) in [4.78, 5) is 35.9. The molecule has 2 aromatic rings. The molecule has 1 unspecified atom stereocenters. The summed E-state index contributed by atoms with van der Waals surface area (Å²) in [5.74, 6) is 1.85. The maximum atomic E-state index is 12.8. The normalized spacial score (nSPS) is 18.5. The number of benzene rings is 1. The molecule has 4 rings (SSSR count). The second kappa shape index (κ2) is 10.8. The number of nitrogens with zero attached hydrogens (tertiary/aromatic N) is 4. The van der Waals surface area contributed by atoms with Gasteiger partial charge in [-0.1, -0.05) is 30.3 Å². The Balaban J connectivity index is 1.18. The number of hydrogen-bond donors (Lipinski definition) is 0. The van der Waals surface area contributed by atoms with Gasteiger partial charge in [0.2, 0.25) is 11.8 Å². The van der Waals surface area contributed by atoms with Crippen LogP contribution in [0.25, 0.3) is 11.3 Å². The average Bonchev–Trinajstić information content (AvgIpc) is 3.33. The standard InChI is InChI=1S/C25H34N4O3/c1-20(25(31)29-13-6-3-7-14-29)27-15-17-28(18-16-27)24(30)12-8-11-23-26-19-22(32-23)21-9-4-2-5-10-21/h2,4-5,9-10,19-20H,3,6-8,11-18H2,1H3. The van der Waals surface area contributed by atoms with Gasteiger partial charge < -0.3 is 14.2 Å². The highest BCUT2D eigenvalue weighted by Crippen LogP contribution is 2.21. The lowest BCUT2D eigenvalue weighted by molar-refractivity contribution is -0.139. The average molecular weight is 439 g/mol. The van der Waals surface area contributed by atoms with E-state index in [0.717, 1.165) is 56.8 Å². The molecule has 7 heteroatoms. The number of rotatable bonds is 7. The van der Waals surface area contributed by atoms with Gasteiger partial charge in [0.1, 0.15) is 0 Å². The molecule has 2 aliphatic rings. The molecule has 0 spiro atoms. The molecular formula is C25H34N4O3. The van der Waals surface area contributed by atoms with Gasteiger partial charge in [0, 0.05) is 57.7 Å². The Kier molecular flexibility index (Phi) is 7.58. The SMILES string of the molecule is CC(C(=O)N1CCCCC1)N1CCN(C(=O)CCCc2ncc(-c3ccccc3)o2)CC1. The molecule has 3 heterocycles. The van der Waals surface area contributed by atoms with Crippen LogP contribution < -0.4 is 0 Å². The lowest BCUT2D eigenvalue weighted by Gasteiger charge is -2.39. The molecule has 1 aromatic carbocycles. The summed E-state index contributed by atoms with van der Waals surface area (Å²) in [5.41, 5.74) is 1.01. The molecule has 2 aliphatic heterocycles. The van der Waals surface area contributed by atoms with Crippen LogP contribution in [0, 0.1) is 0 Å². The van der Waals surface area contributed by atoms with Gasteiger partial charge in [0.15, 0.2) is 11.7 Å². The van der Waals surface area contributed by atoms with Crippen LogP contribution in [0.5, 0.6) is 0 Å². The Hall–Kier alpha value is -2.67. The number of carbonyl (C=O) groups excluding carboxylic acids is 2. The largest absolute Gasteiger partial charge is 0.441 e. The van der Waals surface area contributed by atoms with E-state index in [2.05, 4.69) is 9.88 Å². The van der Waals surface area contributed by atoms with Crippen LogP contribution in [0.3, 0.4) is 0 Å². The Morgan fingerprint density at radius 2 is 1.69 bits per heavy atom. The van der Waals surface area contributed by atoms with E-state index in [9.17, 15) is 9.59 Å². The van der Waals surface area contributed by atoms with Gasteiger partial charge in [-0.05, 0) is 32.6 Å².